The standard InChI is InChI=1S/C32H31ClIN3O5/c1-32(2)16-25(27-28-29(42-28)30(32)37(27)34)41-31(40)36-24-15-18(8-11-21(24)20-6-4-3-5-7-20)10-13-26(39)35-23-12-9-19(17-38)14-22(23)33/h3-9,11-12,14-15,17,25,27-30H,10,13,16H2,1-2H3,(H,35,39)(H,36,40). The molecule has 10 heteroatoms. The van der Waals surface area contributed by atoms with E-state index in [2.05, 4.69) is 50.5 Å². The summed E-state index contributed by atoms with van der Waals surface area (Å²) in [5.41, 5.74) is 4.14. The number of amides is 2. The van der Waals surface area contributed by atoms with Gasteiger partial charge in [-0.15, -0.1) is 0 Å². The van der Waals surface area contributed by atoms with E-state index in [0.717, 1.165) is 23.1 Å². The minimum absolute atomic E-state index is 0.0426. The number of nitrogens with one attached hydrogen (secondary N) is 2. The maximum atomic E-state index is 13.3. The van der Waals surface area contributed by atoms with Crippen molar-refractivity contribution in [2.24, 2.45) is 5.41 Å². The van der Waals surface area contributed by atoms with Crippen molar-refractivity contribution in [1.29, 1.82) is 0 Å². The lowest BCUT2D eigenvalue weighted by Crippen LogP contribution is -2.56. The second-order valence-corrected chi connectivity index (χ2v) is 13.3. The molecule has 6 rings (SSSR count). The first-order valence-electron chi connectivity index (χ1n) is 13.9. The molecule has 0 saturated carbocycles. The van der Waals surface area contributed by atoms with Gasteiger partial charge in [0.25, 0.3) is 0 Å². The number of aldehydes is 1. The van der Waals surface area contributed by atoms with E-state index in [1.165, 1.54) is 6.07 Å². The number of epoxide rings is 1. The van der Waals surface area contributed by atoms with Gasteiger partial charge in [-0.05, 0) is 53.6 Å². The largest absolute Gasteiger partial charge is 0.444 e. The van der Waals surface area contributed by atoms with E-state index in [-0.39, 0.29) is 42.1 Å². The van der Waals surface area contributed by atoms with Crippen LogP contribution in [0.4, 0.5) is 16.2 Å². The number of hydrogen-bond acceptors (Lipinski definition) is 6. The number of hydrogen-bond donors (Lipinski definition) is 2. The number of nitrogens with zero attached hydrogens (tertiary/aromatic N) is 1. The van der Waals surface area contributed by atoms with Crippen LogP contribution in [0.15, 0.2) is 66.7 Å². The first-order chi connectivity index (χ1) is 20.1. The summed E-state index contributed by atoms with van der Waals surface area (Å²) in [4.78, 5) is 37.0. The van der Waals surface area contributed by atoms with Crippen LogP contribution in [0, 0.1) is 5.41 Å². The van der Waals surface area contributed by atoms with Crippen LogP contribution < -0.4 is 10.6 Å². The van der Waals surface area contributed by atoms with E-state index >= 15 is 0 Å². The molecule has 3 heterocycles. The predicted molar refractivity (Wildman–Crippen MR) is 170 cm³/mol. The van der Waals surface area contributed by atoms with Crippen LogP contribution in [-0.2, 0) is 20.7 Å². The quantitative estimate of drug-likeness (QED) is 0.115. The smallest absolute Gasteiger partial charge is 0.411 e. The molecule has 2 N–H and O–H groups in total. The van der Waals surface area contributed by atoms with Crippen LogP contribution in [0.25, 0.3) is 11.1 Å². The molecule has 5 unspecified atom stereocenters. The van der Waals surface area contributed by atoms with E-state index in [1.54, 1.807) is 12.1 Å². The zero-order chi connectivity index (χ0) is 29.6. The van der Waals surface area contributed by atoms with Gasteiger partial charge in [-0.2, -0.15) is 0 Å². The highest BCUT2D eigenvalue weighted by molar-refractivity contribution is 14.1. The van der Waals surface area contributed by atoms with Crippen molar-refractivity contribution in [3.63, 3.8) is 0 Å². The molecule has 2 bridgehead atoms. The van der Waals surface area contributed by atoms with Crippen molar-refractivity contribution in [2.45, 2.75) is 63.5 Å². The average Bonchev–Trinajstić information content (AvgIpc) is 3.67. The fraction of sp³-hybridized carbons (Fsp3) is 0.344. The zero-order valence-electron chi connectivity index (χ0n) is 23.2. The van der Waals surface area contributed by atoms with Crippen LogP contribution >= 0.6 is 34.5 Å². The van der Waals surface area contributed by atoms with Gasteiger partial charge in [0.15, 0.2) is 0 Å². The molecule has 42 heavy (non-hydrogen) atoms. The number of ether oxygens (including phenoxy) is 2. The summed E-state index contributed by atoms with van der Waals surface area (Å²) < 4.78 is 14.3. The molecule has 0 radical (unpaired) electrons. The van der Waals surface area contributed by atoms with Crippen molar-refractivity contribution in [2.75, 3.05) is 10.6 Å². The van der Waals surface area contributed by atoms with Gasteiger partial charge in [-0.25, -0.2) is 7.91 Å². The van der Waals surface area contributed by atoms with E-state index in [1.807, 2.05) is 48.5 Å². The molecule has 0 aliphatic carbocycles. The SMILES string of the molecule is CC1(C)CC(OC(=O)Nc2cc(CCC(=O)Nc3ccc(C=O)cc3Cl)ccc2-c2ccccc2)C2C3OC3C1N2I. The van der Waals surface area contributed by atoms with Crippen molar-refractivity contribution in [3.05, 3.63) is 82.9 Å². The number of halogens is 2. The Balaban J connectivity index is 1.16. The molecule has 5 atom stereocenters. The minimum Gasteiger partial charge on any atom is -0.444 e. The van der Waals surface area contributed by atoms with Crippen LogP contribution in [0.1, 0.15) is 42.6 Å². The topological polar surface area (TPSA) is 100 Å². The van der Waals surface area contributed by atoms with Crippen molar-refractivity contribution >= 4 is 64.1 Å². The molecule has 3 aliphatic heterocycles. The van der Waals surface area contributed by atoms with Crippen LogP contribution in [0.3, 0.4) is 0 Å². The summed E-state index contributed by atoms with van der Waals surface area (Å²) in [6.45, 7) is 4.42. The third-order valence-corrected chi connectivity index (χ3v) is 9.93. The van der Waals surface area contributed by atoms with Crippen molar-refractivity contribution in [3.8, 4) is 11.1 Å². The Labute approximate surface area is 263 Å². The van der Waals surface area contributed by atoms with Gasteiger partial charge in [0.05, 0.1) is 28.5 Å². The molecule has 3 fully saturated rings. The Morgan fingerprint density at radius 2 is 1.86 bits per heavy atom. The number of carbonyl (C=O) groups excluding carboxylic acids is 3. The Kier molecular flexibility index (Phi) is 8.03. The predicted octanol–water partition coefficient (Wildman–Crippen LogP) is 6.91. The van der Waals surface area contributed by atoms with Crippen LogP contribution in [0.5, 0.6) is 0 Å². The molecule has 8 nitrogen and oxygen atoms in total. The Morgan fingerprint density at radius 3 is 2.60 bits per heavy atom. The summed E-state index contributed by atoms with van der Waals surface area (Å²) in [7, 11) is 0. The summed E-state index contributed by atoms with van der Waals surface area (Å²) in [5.74, 6) is -0.212. The van der Waals surface area contributed by atoms with Gasteiger partial charge >= 0.3 is 6.09 Å². The first-order valence-corrected chi connectivity index (χ1v) is 15.3. The number of fused-ring (bicyclic) bond motifs is 5. The number of anilines is 2. The monoisotopic (exact) mass is 699 g/mol. The van der Waals surface area contributed by atoms with Crippen molar-refractivity contribution in [1.82, 2.24) is 3.11 Å². The molecule has 3 aromatic carbocycles. The lowest BCUT2D eigenvalue weighted by atomic mass is 9.77. The van der Waals surface area contributed by atoms with E-state index < -0.39 is 6.09 Å². The van der Waals surface area contributed by atoms with Crippen LogP contribution in [-0.4, -0.2) is 51.8 Å². The van der Waals surface area contributed by atoms with Gasteiger partial charge in [-0.3, -0.25) is 14.9 Å². The molecular formula is C32H31ClIN3O5. The summed E-state index contributed by atoms with van der Waals surface area (Å²) in [6, 6.07) is 20.7. The van der Waals surface area contributed by atoms with E-state index in [0.29, 0.717) is 40.7 Å². The van der Waals surface area contributed by atoms with E-state index in [4.69, 9.17) is 21.1 Å². The number of benzene rings is 3. The zero-order valence-corrected chi connectivity index (χ0v) is 26.1. The first kappa shape index (κ1) is 29.1. The molecule has 218 valence electrons. The third kappa shape index (κ3) is 5.79. The van der Waals surface area contributed by atoms with Crippen molar-refractivity contribution < 1.29 is 23.9 Å². The Bertz CT molecular complexity index is 1530. The fourth-order valence-electron chi connectivity index (χ4n) is 6.32. The van der Waals surface area contributed by atoms with Gasteiger partial charge in [-0.1, -0.05) is 67.9 Å². The number of carbonyl (C=O) groups is 3. The summed E-state index contributed by atoms with van der Waals surface area (Å²) >= 11 is 8.56. The number of morpholine rings is 1. The number of piperidine rings is 1. The Hall–Kier alpha value is -2.99. The second kappa shape index (κ2) is 11.6. The highest BCUT2D eigenvalue weighted by Gasteiger charge is 2.70. The van der Waals surface area contributed by atoms with Gasteiger partial charge in [0.2, 0.25) is 5.91 Å². The Morgan fingerprint density at radius 1 is 1.07 bits per heavy atom. The maximum absolute atomic E-state index is 13.3. The lowest BCUT2D eigenvalue weighted by molar-refractivity contribution is -0.116. The minimum atomic E-state index is -0.511. The normalized spacial score (nSPS) is 25.3. The molecule has 2 amide bonds. The van der Waals surface area contributed by atoms with Gasteiger partial charge in [0, 0.05) is 40.4 Å². The molecular weight excluding hydrogens is 669 g/mol. The number of rotatable bonds is 8. The van der Waals surface area contributed by atoms with E-state index in [9.17, 15) is 14.4 Å². The highest BCUT2D eigenvalue weighted by atomic mass is 127. The molecule has 0 aromatic heterocycles. The highest BCUT2D eigenvalue weighted by Crippen LogP contribution is 2.57. The average molecular weight is 700 g/mol. The second-order valence-electron chi connectivity index (χ2n) is 11.8. The lowest BCUT2D eigenvalue weighted by Gasteiger charge is -2.46. The fourth-order valence-corrected chi connectivity index (χ4v) is 8.31. The summed E-state index contributed by atoms with van der Waals surface area (Å²) in [6.07, 6.45) is 1.64. The summed E-state index contributed by atoms with van der Waals surface area (Å²) in [5, 5.41) is 6.10. The molecule has 3 saturated heterocycles. The van der Waals surface area contributed by atoms with Gasteiger partial charge in [0.1, 0.15) is 24.6 Å². The maximum Gasteiger partial charge on any atom is 0.411 e. The van der Waals surface area contributed by atoms with Gasteiger partial charge < -0.3 is 14.8 Å². The third-order valence-electron chi connectivity index (χ3n) is 8.38. The molecule has 3 aromatic rings. The van der Waals surface area contributed by atoms with Crippen LogP contribution in [0.2, 0.25) is 5.02 Å². The molecule has 0 spiro atoms. The molecule has 3 aliphatic rings. The number of aryl methyl sites for hydroxylation is 1.